The first kappa shape index (κ1) is 13.9. The average Bonchev–Trinajstić information content (AvgIpc) is 2.38. The van der Waals surface area contributed by atoms with E-state index in [-0.39, 0.29) is 22.1 Å². The van der Waals surface area contributed by atoms with E-state index in [9.17, 15) is 13.2 Å². The molecule has 2 rings (SSSR count). The molecule has 0 aliphatic carbocycles. The van der Waals surface area contributed by atoms with Gasteiger partial charge in [-0.25, -0.2) is 13.4 Å². The average molecular weight is 293 g/mol. The first-order valence-corrected chi connectivity index (χ1v) is 7.31. The minimum Gasteiger partial charge on any atom is -0.399 e. The molecule has 1 aromatic heterocycles. The quantitative estimate of drug-likeness (QED) is 0.768. The molecule has 0 radical (unpaired) electrons. The van der Waals surface area contributed by atoms with Gasteiger partial charge in [0.15, 0.2) is 9.84 Å². The molecule has 0 fully saturated rings. The summed E-state index contributed by atoms with van der Waals surface area (Å²) in [6.07, 6.45) is 3.76. The molecule has 0 aliphatic heterocycles. The zero-order valence-electron chi connectivity index (χ0n) is 10.4. The number of benzene rings is 1. The molecule has 2 aromatic rings. The predicted molar refractivity (Wildman–Crippen MR) is 71.7 cm³/mol. The van der Waals surface area contributed by atoms with Crippen LogP contribution >= 0.6 is 0 Å². The van der Waals surface area contributed by atoms with Crippen LogP contribution in [0, 0.1) is 0 Å². The Bertz CT molecular complexity index is 746. The Morgan fingerprint density at radius 3 is 2.60 bits per heavy atom. The number of rotatable bonds is 3. The van der Waals surface area contributed by atoms with Gasteiger partial charge in [0.25, 0.3) is 5.91 Å². The van der Waals surface area contributed by atoms with Gasteiger partial charge in [-0.05, 0) is 18.2 Å². The highest BCUT2D eigenvalue weighted by Gasteiger charge is 2.14. The zero-order valence-corrected chi connectivity index (χ0v) is 11.3. The van der Waals surface area contributed by atoms with Crippen molar-refractivity contribution in [2.24, 2.45) is 0 Å². The molecule has 1 heterocycles. The van der Waals surface area contributed by atoms with E-state index < -0.39 is 15.7 Å². The molecule has 0 unspecified atom stereocenters. The topological polar surface area (TPSA) is 128 Å². The summed E-state index contributed by atoms with van der Waals surface area (Å²) in [5, 5.41) is 9.54. The lowest BCUT2D eigenvalue weighted by Crippen LogP contribution is -2.15. The van der Waals surface area contributed by atoms with Crippen molar-refractivity contribution in [3.8, 4) is 0 Å². The van der Waals surface area contributed by atoms with Crippen molar-refractivity contribution < 1.29 is 13.2 Å². The molecular weight excluding hydrogens is 282 g/mol. The van der Waals surface area contributed by atoms with E-state index in [0.29, 0.717) is 0 Å². The smallest absolute Gasteiger partial charge is 0.258 e. The second kappa shape index (κ2) is 5.21. The summed E-state index contributed by atoms with van der Waals surface area (Å²) in [4.78, 5) is 15.7. The summed E-state index contributed by atoms with van der Waals surface area (Å²) in [6.45, 7) is 0. The third-order valence-electron chi connectivity index (χ3n) is 2.33. The van der Waals surface area contributed by atoms with Crippen molar-refractivity contribution >= 4 is 27.4 Å². The number of nitrogens with two attached hydrogens (primary N) is 1. The van der Waals surface area contributed by atoms with Gasteiger partial charge in [-0.2, -0.15) is 5.10 Å². The molecule has 20 heavy (non-hydrogen) atoms. The Hall–Kier alpha value is -2.55. The Labute approximate surface area is 115 Å². The summed E-state index contributed by atoms with van der Waals surface area (Å²) in [5.41, 5.74) is 5.87. The molecule has 0 bridgehead atoms. The fourth-order valence-corrected chi connectivity index (χ4v) is 2.14. The number of carbonyl (C=O) groups excluding carboxylic acids is 1. The number of hydrogen-bond donors (Lipinski definition) is 2. The van der Waals surface area contributed by atoms with E-state index in [0.717, 1.165) is 6.26 Å². The van der Waals surface area contributed by atoms with Gasteiger partial charge in [0.1, 0.15) is 0 Å². The molecule has 9 heteroatoms. The number of aromatic nitrogens is 3. The van der Waals surface area contributed by atoms with Gasteiger partial charge in [0, 0.05) is 17.5 Å². The van der Waals surface area contributed by atoms with Crippen molar-refractivity contribution in [2.75, 3.05) is 17.3 Å². The molecule has 0 atom stereocenters. The number of nitrogens with zero attached hydrogens (tertiary/aromatic N) is 3. The lowest BCUT2D eigenvalue weighted by Gasteiger charge is -2.06. The van der Waals surface area contributed by atoms with Crippen molar-refractivity contribution in [3.05, 3.63) is 36.2 Å². The van der Waals surface area contributed by atoms with Crippen LogP contribution in [-0.2, 0) is 9.84 Å². The van der Waals surface area contributed by atoms with E-state index in [1.165, 1.54) is 30.6 Å². The molecule has 0 saturated carbocycles. The highest BCUT2D eigenvalue weighted by atomic mass is 32.2. The molecule has 1 amide bonds. The number of nitrogen functional groups attached to an aromatic ring is 1. The van der Waals surface area contributed by atoms with E-state index in [1.54, 1.807) is 0 Å². The van der Waals surface area contributed by atoms with Crippen LogP contribution < -0.4 is 11.1 Å². The van der Waals surface area contributed by atoms with Crippen LogP contribution in [0.4, 0.5) is 11.6 Å². The van der Waals surface area contributed by atoms with Crippen LogP contribution in [0.5, 0.6) is 0 Å². The Morgan fingerprint density at radius 2 is 2.00 bits per heavy atom. The number of amides is 1. The van der Waals surface area contributed by atoms with Gasteiger partial charge in [-0.15, -0.1) is 5.10 Å². The number of hydrogen-bond acceptors (Lipinski definition) is 7. The summed E-state index contributed by atoms with van der Waals surface area (Å²) in [6, 6.07) is 3.88. The van der Waals surface area contributed by atoms with Crippen LogP contribution in [0.15, 0.2) is 35.5 Å². The lowest BCUT2D eigenvalue weighted by atomic mass is 10.2. The Morgan fingerprint density at radius 1 is 1.25 bits per heavy atom. The fraction of sp³-hybridized carbons (Fsp3) is 0.0909. The molecule has 0 spiro atoms. The van der Waals surface area contributed by atoms with Gasteiger partial charge in [0.05, 0.1) is 17.3 Å². The van der Waals surface area contributed by atoms with Gasteiger partial charge in [0.2, 0.25) is 5.95 Å². The third-order valence-corrected chi connectivity index (χ3v) is 3.42. The maximum absolute atomic E-state index is 12.0. The summed E-state index contributed by atoms with van der Waals surface area (Å²) in [5.74, 6) is -0.559. The Kier molecular flexibility index (Phi) is 3.61. The van der Waals surface area contributed by atoms with Gasteiger partial charge in [-0.1, -0.05) is 0 Å². The minimum atomic E-state index is -3.46. The van der Waals surface area contributed by atoms with Crippen molar-refractivity contribution in [1.29, 1.82) is 0 Å². The first-order chi connectivity index (χ1) is 9.36. The summed E-state index contributed by atoms with van der Waals surface area (Å²) >= 11 is 0. The van der Waals surface area contributed by atoms with E-state index in [4.69, 9.17) is 5.73 Å². The van der Waals surface area contributed by atoms with E-state index in [1.807, 2.05) is 0 Å². The van der Waals surface area contributed by atoms with Crippen molar-refractivity contribution in [1.82, 2.24) is 15.2 Å². The number of anilines is 2. The molecule has 0 saturated heterocycles. The van der Waals surface area contributed by atoms with Crippen LogP contribution in [-0.4, -0.2) is 35.8 Å². The van der Waals surface area contributed by atoms with Crippen LogP contribution in [0.3, 0.4) is 0 Å². The van der Waals surface area contributed by atoms with E-state index in [2.05, 4.69) is 20.5 Å². The van der Waals surface area contributed by atoms with Crippen molar-refractivity contribution in [2.45, 2.75) is 4.90 Å². The maximum Gasteiger partial charge on any atom is 0.258 e. The molecule has 0 aliphatic rings. The number of sulfone groups is 1. The number of carbonyl (C=O) groups is 1. The predicted octanol–water partition coefficient (Wildman–Crippen LogP) is 0.110. The SMILES string of the molecule is CS(=O)(=O)c1cc(N)cc(C(=O)Nc2nccnn2)c1. The first-order valence-electron chi connectivity index (χ1n) is 5.42. The zero-order chi connectivity index (χ0) is 14.8. The molecule has 8 nitrogen and oxygen atoms in total. The number of nitrogens with one attached hydrogen (secondary N) is 1. The standard InChI is InChI=1S/C11H11N5O3S/c1-20(18,19)9-5-7(4-8(12)6-9)10(17)15-11-13-2-3-14-16-11/h2-6H,12H2,1H3,(H,13,15,16,17). The highest BCUT2D eigenvalue weighted by molar-refractivity contribution is 7.90. The molecular formula is C11H11N5O3S. The second-order valence-electron chi connectivity index (χ2n) is 3.98. The normalized spacial score (nSPS) is 11.1. The second-order valence-corrected chi connectivity index (χ2v) is 6.00. The fourth-order valence-electron chi connectivity index (χ4n) is 1.45. The van der Waals surface area contributed by atoms with Crippen LogP contribution in [0.1, 0.15) is 10.4 Å². The third kappa shape index (κ3) is 3.26. The Balaban J connectivity index is 2.33. The van der Waals surface area contributed by atoms with Crippen LogP contribution in [0.25, 0.3) is 0 Å². The van der Waals surface area contributed by atoms with E-state index >= 15 is 0 Å². The van der Waals surface area contributed by atoms with Gasteiger partial charge in [-0.3, -0.25) is 10.1 Å². The van der Waals surface area contributed by atoms with Gasteiger partial charge >= 0.3 is 0 Å². The molecule has 3 N–H and O–H groups in total. The summed E-state index contributed by atoms with van der Waals surface area (Å²) in [7, 11) is -3.46. The lowest BCUT2D eigenvalue weighted by molar-refractivity contribution is 0.102. The van der Waals surface area contributed by atoms with Gasteiger partial charge < -0.3 is 5.73 Å². The molecule has 1 aromatic carbocycles. The largest absolute Gasteiger partial charge is 0.399 e. The molecule has 104 valence electrons. The van der Waals surface area contributed by atoms with Crippen molar-refractivity contribution in [3.63, 3.8) is 0 Å². The highest BCUT2D eigenvalue weighted by Crippen LogP contribution is 2.17. The van der Waals surface area contributed by atoms with Crippen LogP contribution in [0.2, 0.25) is 0 Å². The summed E-state index contributed by atoms with van der Waals surface area (Å²) < 4.78 is 23.0. The minimum absolute atomic E-state index is 0.0147. The maximum atomic E-state index is 12.0. The monoisotopic (exact) mass is 293 g/mol.